The number of sulfonamides is 1. The maximum atomic E-state index is 12.1. The van der Waals surface area contributed by atoms with Crippen LogP contribution in [0.2, 0.25) is 0 Å². The summed E-state index contributed by atoms with van der Waals surface area (Å²) in [6.45, 7) is 1.89. The third kappa shape index (κ3) is 7.15. The van der Waals surface area contributed by atoms with Crippen LogP contribution in [0.15, 0.2) is 29.2 Å². The average molecular weight is 344 g/mol. The number of rotatable bonds is 7. The van der Waals surface area contributed by atoms with E-state index in [1.54, 1.807) is 12.1 Å². The molecule has 0 amide bonds. The molecule has 21 heavy (non-hydrogen) atoms. The monoisotopic (exact) mass is 343 g/mol. The van der Waals surface area contributed by atoms with Crippen molar-refractivity contribution in [1.82, 2.24) is 4.72 Å². The van der Waals surface area contributed by atoms with E-state index in [1.165, 1.54) is 12.1 Å². The van der Waals surface area contributed by atoms with Crippen molar-refractivity contribution < 1.29 is 21.6 Å². The fraction of sp³-hybridized carbons (Fsp3) is 0.538. The summed E-state index contributed by atoms with van der Waals surface area (Å²) >= 11 is 5.55. The van der Waals surface area contributed by atoms with Gasteiger partial charge in [-0.2, -0.15) is 13.2 Å². The number of hydrogen-bond donors (Lipinski definition) is 1. The molecule has 3 nitrogen and oxygen atoms in total. The van der Waals surface area contributed by atoms with Gasteiger partial charge in [0.15, 0.2) is 0 Å². The first-order valence-electron chi connectivity index (χ1n) is 6.37. The number of benzene rings is 1. The minimum Gasteiger partial charge on any atom is -0.211 e. The highest BCUT2D eigenvalue weighted by Gasteiger charge is 2.30. The van der Waals surface area contributed by atoms with Crippen LogP contribution in [0.3, 0.4) is 0 Å². The number of nitrogens with one attached hydrogen (secondary N) is 1. The molecule has 0 saturated carbocycles. The van der Waals surface area contributed by atoms with E-state index in [4.69, 9.17) is 11.6 Å². The van der Waals surface area contributed by atoms with Crippen LogP contribution in [0, 0.1) is 6.92 Å². The van der Waals surface area contributed by atoms with Crippen LogP contribution < -0.4 is 4.72 Å². The van der Waals surface area contributed by atoms with Gasteiger partial charge < -0.3 is 0 Å². The van der Waals surface area contributed by atoms with Crippen molar-refractivity contribution in [2.45, 2.75) is 42.6 Å². The van der Waals surface area contributed by atoms with E-state index >= 15 is 0 Å². The second-order valence-electron chi connectivity index (χ2n) is 4.77. The third-order valence-electron chi connectivity index (χ3n) is 2.77. The average Bonchev–Trinajstić information content (AvgIpc) is 2.33. The van der Waals surface area contributed by atoms with Crippen molar-refractivity contribution in [2.24, 2.45) is 0 Å². The molecule has 0 bridgehead atoms. The lowest BCUT2D eigenvalue weighted by Gasteiger charge is -2.12. The summed E-state index contributed by atoms with van der Waals surface area (Å²) in [5.41, 5.74) is 0.936. The second-order valence-corrected chi connectivity index (χ2v) is 7.15. The molecule has 1 atom stereocenters. The topological polar surface area (TPSA) is 46.2 Å². The SMILES string of the molecule is Cc1ccc(S(=O)(=O)NCCCC(Cl)CC(F)(F)F)cc1. The molecule has 0 aromatic heterocycles. The molecule has 0 fully saturated rings. The van der Waals surface area contributed by atoms with E-state index in [-0.39, 0.29) is 24.3 Å². The second kappa shape index (κ2) is 7.47. The Bertz CT molecular complexity index is 544. The summed E-state index contributed by atoms with van der Waals surface area (Å²) in [7, 11) is -3.63. The summed E-state index contributed by atoms with van der Waals surface area (Å²) in [6.07, 6.45) is -5.03. The summed E-state index contributed by atoms with van der Waals surface area (Å²) in [5, 5.41) is -1.03. The van der Waals surface area contributed by atoms with E-state index in [2.05, 4.69) is 4.72 Å². The molecule has 0 aliphatic carbocycles. The van der Waals surface area contributed by atoms with Gasteiger partial charge in [0.2, 0.25) is 10.0 Å². The van der Waals surface area contributed by atoms with Crippen LogP contribution in [0.5, 0.6) is 0 Å². The molecule has 1 rings (SSSR count). The van der Waals surface area contributed by atoms with Gasteiger partial charge in [-0.05, 0) is 31.9 Å². The lowest BCUT2D eigenvalue weighted by atomic mass is 10.2. The first-order valence-corrected chi connectivity index (χ1v) is 8.29. The molecule has 8 heteroatoms. The van der Waals surface area contributed by atoms with E-state index < -0.39 is 28.0 Å². The molecular weight excluding hydrogens is 327 g/mol. The van der Waals surface area contributed by atoms with E-state index in [0.717, 1.165) is 5.56 Å². The van der Waals surface area contributed by atoms with Crippen molar-refractivity contribution in [3.05, 3.63) is 29.8 Å². The molecule has 1 N–H and O–H groups in total. The first kappa shape index (κ1) is 18.3. The standard InChI is InChI=1S/C13H17ClF3NO2S/c1-10-4-6-12(7-5-10)21(19,20)18-8-2-3-11(14)9-13(15,16)17/h4-7,11,18H,2-3,8-9H2,1H3. The highest BCUT2D eigenvalue weighted by atomic mass is 35.5. The van der Waals surface area contributed by atoms with Crippen molar-refractivity contribution in [1.29, 1.82) is 0 Å². The zero-order valence-electron chi connectivity index (χ0n) is 11.5. The highest BCUT2D eigenvalue weighted by Crippen LogP contribution is 2.26. The van der Waals surface area contributed by atoms with E-state index in [9.17, 15) is 21.6 Å². The molecule has 0 saturated heterocycles. The maximum absolute atomic E-state index is 12.1. The Balaban J connectivity index is 2.40. The molecule has 1 unspecified atom stereocenters. The fourth-order valence-corrected chi connectivity index (χ4v) is 3.09. The quantitative estimate of drug-likeness (QED) is 0.607. The Labute approximate surface area is 127 Å². The van der Waals surface area contributed by atoms with Crippen LogP contribution in [0.25, 0.3) is 0 Å². The molecule has 1 aromatic rings. The van der Waals surface area contributed by atoms with Crippen molar-refractivity contribution in [3.63, 3.8) is 0 Å². The largest absolute Gasteiger partial charge is 0.390 e. The smallest absolute Gasteiger partial charge is 0.211 e. The molecule has 0 aliphatic rings. The van der Waals surface area contributed by atoms with Crippen molar-refractivity contribution in [2.75, 3.05) is 6.54 Å². The molecule has 120 valence electrons. The zero-order valence-corrected chi connectivity index (χ0v) is 13.0. The van der Waals surface area contributed by atoms with Gasteiger partial charge in [-0.3, -0.25) is 0 Å². The summed E-state index contributed by atoms with van der Waals surface area (Å²) < 4.78 is 62.3. The van der Waals surface area contributed by atoms with Gasteiger partial charge in [0.05, 0.1) is 11.3 Å². The van der Waals surface area contributed by atoms with Crippen LogP contribution in [-0.4, -0.2) is 26.5 Å². The Morgan fingerprint density at radius 3 is 2.33 bits per heavy atom. The summed E-state index contributed by atoms with van der Waals surface area (Å²) in [5.74, 6) is 0. The summed E-state index contributed by atoms with van der Waals surface area (Å²) in [6, 6.07) is 6.30. The summed E-state index contributed by atoms with van der Waals surface area (Å²) in [4.78, 5) is 0.130. The Morgan fingerprint density at radius 1 is 1.24 bits per heavy atom. The van der Waals surface area contributed by atoms with Crippen LogP contribution in [0.1, 0.15) is 24.8 Å². The molecule has 1 aromatic carbocycles. The lowest BCUT2D eigenvalue weighted by molar-refractivity contribution is -0.134. The van der Waals surface area contributed by atoms with Gasteiger partial charge in [0, 0.05) is 11.9 Å². The van der Waals surface area contributed by atoms with Gasteiger partial charge in [0.25, 0.3) is 0 Å². The fourth-order valence-electron chi connectivity index (χ4n) is 1.68. The van der Waals surface area contributed by atoms with Gasteiger partial charge in [0.1, 0.15) is 0 Å². The predicted molar refractivity (Wildman–Crippen MR) is 75.9 cm³/mol. The van der Waals surface area contributed by atoms with Gasteiger partial charge >= 0.3 is 6.18 Å². The third-order valence-corrected chi connectivity index (χ3v) is 4.62. The van der Waals surface area contributed by atoms with Crippen molar-refractivity contribution >= 4 is 21.6 Å². The lowest BCUT2D eigenvalue weighted by Crippen LogP contribution is -2.25. The minimum atomic E-state index is -4.30. The molecular formula is C13H17ClF3NO2S. The van der Waals surface area contributed by atoms with Crippen LogP contribution >= 0.6 is 11.6 Å². The predicted octanol–water partition coefficient (Wildman–Crippen LogP) is 3.61. The van der Waals surface area contributed by atoms with Gasteiger partial charge in [-0.15, -0.1) is 11.6 Å². The zero-order chi connectivity index (χ0) is 16.1. The Morgan fingerprint density at radius 2 is 1.81 bits per heavy atom. The van der Waals surface area contributed by atoms with E-state index in [0.29, 0.717) is 0 Å². The van der Waals surface area contributed by atoms with Crippen LogP contribution in [0.4, 0.5) is 13.2 Å². The molecule has 0 spiro atoms. The number of halogens is 4. The van der Waals surface area contributed by atoms with Gasteiger partial charge in [-0.25, -0.2) is 13.1 Å². The Kier molecular flexibility index (Phi) is 6.49. The van der Waals surface area contributed by atoms with Crippen molar-refractivity contribution in [3.8, 4) is 0 Å². The molecule has 0 heterocycles. The first-order chi connectivity index (χ1) is 9.60. The highest BCUT2D eigenvalue weighted by molar-refractivity contribution is 7.89. The van der Waals surface area contributed by atoms with E-state index in [1.807, 2.05) is 6.92 Å². The van der Waals surface area contributed by atoms with Crippen LogP contribution in [-0.2, 0) is 10.0 Å². The number of hydrogen-bond acceptors (Lipinski definition) is 2. The normalized spacial score (nSPS) is 14.1. The Hall–Kier alpha value is -0.790. The maximum Gasteiger partial charge on any atom is 0.390 e. The molecule has 0 aliphatic heterocycles. The van der Waals surface area contributed by atoms with Gasteiger partial charge in [-0.1, -0.05) is 17.7 Å². The number of alkyl halides is 4. The molecule has 0 radical (unpaired) electrons. The number of aryl methyl sites for hydroxylation is 1. The minimum absolute atomic E-state index is 0.0529.